The number of carbonyl (C=O) groups is 4. The lowest BCUT2D eigenvalue weighted by molar-refractivity contribution is -0.139. The van der Waals surface area contributed by atoms with Crippen LogP contribution in [0.2, 0.25) is 0 Å². The van der Waals surface area contributed by atoms with Crippen molar-refractivity contribution in [2.24, 2.45) is 0 Å². The van der Waals surface area contributed by atoms with Crippen molar-refractivity contribution < 1.29 is 29.0 Å². The molecule has 9 nitrogen and oxygen atoms in total. The van der Waals surface area contributed by atoms with E-state index in [2.05, 4.69) is 49.2 Å². The third kappa shape index (κ3) is 5.85. The average molecular weight is 614 g/mol. The SMILES string of the molecule is Cc1cccc(NC(=O)CN2C(=O)N/C(=C/c3cc(I)cc(Br)c3OCC(=O)O)C2=O)c1. The minimum Gasteiger partial charge on any atom is -0.480 e. The van der Waals surface area contributed by atoms with Gasteiger partial charge in [-0.2, -0.15) is 0 Å². The van der Waals surface area contributed by atoms with Gasteiger partial charge in [0.15, 0.2) is 6.61 Å². The van der Waals surface area contributed by atoms with Crippen LogP contribution in [0.4, 0.5) is 10.5 Å². The fraction of sp³-hybridized carbons (Fsp3) is 0.143. The van der Waals surface area contributed by atoms with Crippen LogP contribution in [0.3, 0.4) is 0 Å². The van der Waals surface area contributed by atoms with Crippen LogP contribution in [-0.2, 0) is 14.4 Å². The number of carbonyl (C=O) groups excluding carboxylic acids is 3. The Balaban J connectivity index is 1.79. The maximum Gasteiger partial charge on any atom is 0.341 e. The summed E-state index contributed by atoms with van der Waals surface area (Å²) in [5.74, 6) is -2.17. The molecule has 3 N–H and O–H groups in total. The Hall–Kier alpha value is -2.93. The second kappa shape index (κ2) is 10.1. The van der Waals surface area contributed by atoms with Crippen molar-refractivity contribution in [1.29, 1.82) is 0 Å². The number of rotatable bonds is 7. The Morgan fingerprint density at radius 3 is 2.72 bits per heavy atom. The highest BCUT2D eigenvalue weighted by Crippen LogP contribution is 2.33. The maximum atomic E-state index is 12.8. The molecule has 0 bridgehead atoms. The molecule has 0 atom stereocenters. The summed E-state index contributed by atoms with van der Waals surface area (Å²) in [6, 6.07) is 9.78. The Morgan fingerprint density at radius 1 is 1.28 bits per heavy atom. The lowest BCUT2D eigenvalue weighted by atomic mass is 10.1. The van der Waals surface area contributed by atoms with Gasteiger partial charge in [-0.05, 0) is 81.3 Å². The number of benzene rings is 2. The van der Waals surface area contributed by atoms with Crippen molar-refractivity contribution >= 4 is 74.1 Å². The first-order valence-corrected chi connectivity index (χ1v) is 11.1. The lowest BCUT2D eigenvalue weighted by Gasteiger charge is -2.12. The molecule has 1 aliphatic heterocycles. The number of aliphatic carboxylic acids is 1. The van der Waals surface area contributed by atoms with Crippen LogP contribution in [0, 0.1) is 10.5 Å². The van der Waals surface area contributed by atoms with Gasteiger partial charge >= 0.3 is 12.0 Å². The van der Waals surface area contributed by atoms with Gasteiger partial charge in [0.25, 0.3) is 5.91 Å². The molecule has 0 spiro atoms. The Bertz CT molecular complexity index is 1150. The molecule has 2 aromatic rings. The zero-order chi connectivity index (χ0) is 23.4. The number of hydrogen-bond donors (Lipinski definition) is 3. The highest BCUT2D eigenvalue weighted by molar-refractivity contribution is 14.1. The summed E-state index contributed by atoms with van der Waals surface area (Å²) in [7, 11) is 0. The average Bonchev–Trinajstić information content (AvgIpc) is 2.94. The number of nitrogens with zero attached hydrogens (tertiary/aromatic N) is 1. The number of halogens is 2. The van der Waals surface area contributed by atoms with Gasteiger partial charge in [-0.25, -0.2) is 14.5 Å². The normalized spacial score (nSPS) is 14.5. The molecule has 4 amide bonds. The number of amides is 4. The largest absolute Gasteiger partial charge is 0.480 e. The molecule has 1 aliphatic rings. The highest BCUT2D eigenvalue weighted by atomic mass is 127. The molecule has 0 saturated carbocycles. The fourth-order valence-electron chi connectivity index (χ4n) is 2.91. The molecule has 166 valence electrons. The van der Waals surface area contributed by atoms with Gasteiger partial charge in [0.2, 0.25) is 5.91 Å². The molecule has 1 saturated heterocycles. The van der Waals surface area contributed by atoms with E-state index in [0.717, 1.165) is 14.0 Å². The maximum absolute atomic E-state index is 12.8. The summed E-state index contributed by atoms with van der Waals surface area (Å²) in [6.45, 7) is 0.830. The third-order valence-electron chi connectivity index (χ3n) is 4.24. The Labute approximate surface area is 205 Å². The molecule has 3 rings (SSSR count). The van der Waals surface area contributed by atoms with Gasteiger partial charge in [-0.1, -0.05) is 12.1 Å². The number of hydrogen-bond acceptors (Lipinski definition) is 5. The number of urea groups is 1. The first-order chi connectivity index (χ1) is 15.1. The number of aryl methyl sites for hydroxylation is 1. The number of carboxylic acids is 1. The van der Waals surface area contributed by atoms with E-state index in [-0.39, 0.29) is 11.4 Å². The number of anilines is 1. The standard InChI is InChI=1S/C21H17BrIN3O6/c1-11-3-2-4-14(5-11)24-17(27)9-26-20(30)16(25-21(26)31)7-12-6-13(23)8-15(22)19(12)32-10-18(28)29/h2-8H,9-10H2,1H3,(H,24,27)(H,25,31)(H,28,29)/b16-7+. The summed E-state index contributed by atoms with van der Waals surface area (Å²) in [5, 5.41) is 14.0. The first-order valence-electron chi connectivity index (χ1n) is 9.18. The fourth-order valence-corrected chi connectivity index (χ4v) is 4.58. The number of imide groups is 1. The summed E-state index contributed by atoms with van der Waals surface area (Å²) >= 11 is 5.37. The van der Waals surface area contributed by atoms with Crippen molar-refractivity contribution in [2.75, 3.05) is 18.5 Å². The molecule has 32 heavy (non-hydrogen) atoms. The van der Waals surface area contributed by atoms with E-state index in [0.29, 0.717) is 15.7 Å². The predicted molar refractivity (Wildman–Crippen MR) is 128 cm³/mol. The van der Waals surface area contributed by atoms with E-state index in [9.17, 15) is 19.2 Å². The summed E-state index contributed by atoms with van der Waals surface area (Å²) in [4.78, 5) is 49.1. The molecule has 1 fully saturated rings. The molecular formula is C21H17BrIN3O6. The third-order valence-corrected chi connectivity index (χ3v) is 5.45. The molecule has 0 radical (unpaired) electrons. The van der Waals surface area contributed by atoms with Crippen LogP contribution < -0.4 is 15.4 Å². The van der Waals surface area contributed by atoms with Crippen LogP contribution >= 0.6 is 38.5 Å². The van der Waals surface area contributed by atoms with Crippen molar-refractivity contribution in [1.82, 2.24) is 10.2 Å². The molecular weight excluding hydrogens is 597 g/mol. The van der Waals surface area contributed by atoms with E-state index in [1.807, 2.05) is 13.0 Å². The first kappa shape index (κ1) is 23.7. The van der Waals surface area contributed by atoms with Crippen molar-refractivity contribution in [3.63, 3.8) is 0 Å². The van der Waals surface area contributed by atoms with Crippen LogP contribution in [0.5, 0.6) is 5.75 Å². The molecule has 0 unspecified atom stereocenters. The van der Waals surface area contributed by atoms with E-state index in [4.69, 9.17) is 9.84 Å². The topological polar surface area (TPSA) is 125 Å². The van der Waals surface area contributed by atoms with Crippen molar-refractivity contribution in [2.45, 2.75) is 6.92 Å². The Morgan fingerprint density at radius 2 is 2.03 bits per heavy atom. The van der Waals surface area contributed by atoms with E-state index >= 15 is 0 Å². The zero-order valence-corrected chi connectivity index (χ0v) is 20.4. The monoisotopic (exact) mass is 613 g/mol. The van der Waals surface area contributed by atoms with Gasteiger partial charge in [-0.15, -0.1) is 0 Å². The van der Waals surface area contributed by atoms with Gasteiger partial charge < -0.3 is 20.5 Å². The lowest BCUT2D eigenvalue weighted by Crippen LogP contribution is -2.38. The van der Waals surface area contributed by atoms with E-state index < -0.39 is 37.0 Å². The van der Waals surface area contributed by atoms with Crippen LogP contribution in [0.25, 0.3) is 6.08 Å². The molecule has 0 aromatic heterocycles. The van der Waals surface area contributed by atoms with E-state index in [1.165, 1.54) is 6.08 Å². The molecule has 11 heteroatoms. The minimum atomic E-state index is -1.16. The van der Waals surface area contributed by atoms with Gasteiger partial charge in [0.05, 0.1) is 4.47 Å². The quantitative estimate of drug-likeness (QED) is 0.250. The minimum absolute atomic E-state index is 0.0626. The molecule has 2 aromatic carbocycles. The van der Waals surface area contributed by atoms with E-state index in [1.54, 1.807) is 30.3 Å². The summed E-state index contributed by atoms with van der Waals surface area (Å²) < 4.78 is 6.60. The molecule has 0 aliphatic carbocycles. The van der Waals surface area contributed by atoms with Gasteiger partial charge in [-0.3, -0.25) is 9.59 Å². The van der Waals surface area contributed by atoms with Crippen molar-refractivity contribution in [3.8, 4) is 5.75 Å². The smallest absolute Gasteiger partial charge is 0.341 e. The number of carboxylic acid groups (broad SMARTS) is 1. The number of nitrogens with one attached hydrogen (secondary N) is 2. The second-order valence-corrected chi connectivity index (χ2v) is 8.89. The second-order valence-electron chi connectivity index (χ2n) is 6.79. The van der Waals surface area contributed by atoms with Crippen LogP contribution in [0.15, 0.2) is 46.6 Å². The van der Waals surface area contributed by atoms with Crippen LogP contribution in [0.1, 0.15) is 11.1 Å². The van der Waals surface area contributed by atoms with Gasteiger partial charge in [0, 0.05) is 14.8 Å². The van der Waals surface area contributed by atoms with Crippen molar-refractivity contribution in [3.05, 3.63) is 61.3 Å². The molecule has 1 heterocycles. The Kier molecular flexibility index (Phi) is 7.51. The van der Waals surface area contributed by atoms with Crippen LogP contribution in [-0.4, -0.2) is 47.0 Å². The number of ether oxygens (including phenoxy) is 1. The zero-order valence-electron chi connectivity index (χ0n) is 16.6. The summed E-state index contributed by atoms with van der Waals surface area (Å²) in [5.41, 5.74) is 1.83. The highest BCUT2D eigenvalue weighted by Gasteiger charge is 2.35. The van der Waals surface area contributed by atoms with Gasteiger partial charge in [0.1, 0.15) is 18.0 Å². The summed E-state index contributed by atoms with van der Waals surface area (Å²) in [6.07, 6.45) is 1.38. The predicted octanol–water partition coefficient (Wildman–Crippen LogP) is 3.36.